The zero-order chi connectivity index (χ0) is 14.1. The average molecular weight is 275 g/mol. The van der Waals surface area contributed by atoms with Crippen LogP contribution in [0.4, 0.5) is 13.2 Å². The molecule has 0 aliphatic heterocycles. The Morgan fingerprint density at radius 2 is 1.89 bits per heavy atom. The highest BCUT2D eigenvalue weighted by Crippen LogP contribution is 2.16. The number of nitrogens with one attached hydrogen (secondary N) is 1. The van der Waals surface area contributed by atoms with Gasteiger partial charge in [-0.3, -0.25) is 0 Å². The van der Waals surface area contributed by atoms with Crippen molar-refractivity contribution in [3.8, 4) is 0 Å². The Morgan fingerprint density at radius 1 is 1.21 bits per heavy atom. The van der Waals surface area contributed by atoms with Gasteiger partial charge >= 0.3 is 6.18 Å². The summed E-state index contributed by atoms with van der Waals surface area (Å²) in [4.78, 5) is 0. The molecule has 0 aliphatic carbocycles. The summed E-state index contributed by atoms with van der Waals surface area (Å²) in [5, 5.41) is 3.32. The highest BCUT2D eigenvalue weighted by Gasteiger charge is 2.27. The maximum Gasteiger partial charge on any atom is 0.411 e. The highest BCUT2D eigenvalue weighted by molar-refractivity contribution is 5.18. The first-order valence-electron chi connectivity index (χ1n) is 6.45. The van der Waals surface area contributed by atoms with Gasteiger partial charge in [-0.1, -0.05) is 37.3 Å². The topological polar surface area (TPSA) is 21.3 Å². The molecule has 0 saturated carbocycles. The number of benzene rings is 1. The SMILES string of the molecule is CCC(NCCCOCC(F)(F)F)c1ccccc1. The first-order chi connectivity index (χ1) is 9.03. The van der Waals surface area contributed by atoms with Gasteiger partial charge in [0.15, 0.2) is 0 Å². The minimum absolute atomic E-state index is 0.123. The lowest BCUT2D eigenvalue weighted by molar-refractivity contribution is -0.173. The van der Waals surface area contributed by atoms with Gasteiger partial charge in [0.1, 0.15) is 6.61 Å². The van der Waals surface area contributed by atoms with E-state index < -0.39 is 12.8 Å². The van der Waals surface area contributed by atoms with Gasteiger partial charge < -0.3 is 10.1 Å². The van der Waals surface area contributed by atoms with E-state index in [1.165, 1.54) is 5.56 Å². The van der Waals surface area contributed by atoms with E-state index in [0.29, 0.717) is 13.0 Å². The lowest BCUT2D eigenvalue weighted by atomic mass is 10.0. The van der Waals surface area contributed by atoms with E-state index in [-0.39, 0.29) is 12.6 Å². The van der Waals surface area contributed by atoms with Gasteiger partial charge in [-0.05, 0) is 24.9 Å². The van der Waals surface area contributed by atoms with Crippen LogP contribution in [0, 0.1) is 0 Å². The first kappa shape index (κ1) is 16.0. The summed E-state index contributed by atoms with van der Waals surface area (Å²) in [6.45, 7) is 1.68. The predicted octanol–water partition coefficient (Wildman–Crippen LogP) is 3.70. The molecule has 19 heavy (non-hydrogen) atoms. The third kappa shape index (κ3) is 7.18. The van der Waals surface area contributed by atoms with Crippen LogP contribution in [0.25, 0.3) is 0 Å². The van der Waals surface area contributed by atoms with Crippen molar-refractivity contribution in [1.29, 1.82) is 0 Å². The molecule has 1 aromatic carbocycles. The summed E-state index contributed by atoms with van der Waals surface area (Å²) >= 11 is 0. The van der Waals surface area contributed by atoms with Crippen LogP contribution in [0.5, 0.6) is 0 Å². The number of alkyl halides is 3. The molecule has 0 heterocycles. The Morgan fingerprint density at radius 3 is 2.47 bits per heavy atom. The van der Waals surface area contributed by atoms with Gasteiger partial charge in [0.2, 0.25) is 0 Å². The fraction of sp³-hybridized carbons (Fsp3) is 0.571. The molecular weight excluding hydrogens is 255 g/mol. The van der Waals surface area contributed by atoms with E-state index in [2.05, 4.69) is 17.0 Å². The van der Waals surface area contributed by atoms with Crippen LogP contribution in [0.2, 0.25) is 0 Å². The van der Waals surface area contributed by atoms with Gasteiger partial charge in [-0.2, -0.15) is 13.2 Å². The molecule has 1 atom stereocenters. The molecule has 1 aromatic rings. The van der Waals surface area contributed by atoms with E-state index in [9.17, 15) is 13.2 Å². The average Bonchev–Trinajstić information content (AvgIpc) is 2.38. The quantitative estimate of drug-likeness (QED) is 0.730. The number of hydrogen-bond acceptors (Lipinski definition) is 2. The van der Waals surface area contributed by atoms with Crippen LogP contribution in [-0.2, 0) is 4.74 Å². The van der Waals surface area contributed by atoms with E-state index in [1.807, 2.05) is 30.3 Å². The third-order valence-corrected chi connectivity index (χ3v) is 2.73. The summed E-state index contributed by atoms with van der Waals surface area (Å²) in [6, 6.07) is 10.2. The molecule has 1 unspecified atom stereocenters. The molecule has 0 amide bonds. The smallest absolute Gasteiger partial charge is 0.372 e. The van der Waals surface area contributed by atoms with Gasteiger partial charge in [0.05, 0.1) is 0 Å². The van der Waals surface area contributed by atoms with Gasteiger partial charge in [0.25, 0.3) is 0 Å². The van der Waals surface area contributed by atoms with E-state index in [4.69, 9.17) is 0 Å². The number of hydrogen-bond donors (Lipinski definition) is 1. The monoisotopic (exact) mass is 275 g/mol. The highest BCUT2D eigenvalue weighted by atomic mass is 19.4. The van der Waals surface area contributed by atoms with Gasteiger partial charge in [-0.25, -0.2) is 0 Å². The normalized spacial score (nSPS) is 13.5. The van der Waals surface area contributed by atoms with Crippen LogP contribution in [0.15, 0.2) is 30.3 Å². The number of rotatable bonds is 8. The molecule has 108 valence electrons. The van der Waals surface area contributed by atoms with Crippen LogP contribution in [-0.4, -0.2) is 25.9 Å². The molecule has 0 radical (unpaired) electrons. The lowest BCUT2D eigenvalue weighted by Crippen LogP contribution is -2.24. The Labute approximate surface area is 112 Å². The molecule has 0 spiro atoms. The first-order valence-corrected chi connectivity index (χ1v) is 6.45. The largest absolute Gasteiger partial charge is 0.411 e. The van der Waals surface area contributed by atoms with Crippen LogP contribution < -0.4 is 5.32 Å². The predicted molar refractivity (Wildman–Crippen MR) is 69.0 cm³/mol. The summed E-state index contributed by atoms with van der Waals surface area (Å²) in [6.07, 6.45) is -2.73. The van der Waals surface area contributed by atoms with Crippen molar-refractivity contribution < 1.29 is 17.9 Å². The van der Waals surface area contributed by atoms with Crippen molar-refractivity contribution in [2.75, 3.05) is 19.8 Å². The molecule has 1 rings (SSSR count). The van der Waals surface area contributed by atoms with Crippen molar-refractivity contribution in [2.24, 2.45) is 0 Å². The fourth-order valence-corrected chi connectivity index (χ4v) is 1.82. The zero-order valence-corrected chi connectivity index (χ0v) is 11.0. The minimum Gasteiger partial charge on any atom is -0.372 e. The maximum absolute atomic E-state index is 11.8. The lowest BCUT2D eigenvalue weighted by Gasteiger charge is -2.17. The number of halogens is 3. The minimum atomic E-state index is -4.23. The molecular formula is C14H20F3NO. The van der Waals surface area contributed by atoms with Crippen molar-refractivity contribution in [1.82, 2.24) is 5.32 Å². The van der Waals surface area contributed by atoms with Crippen molar-refractivity contribution >= 4 is 0 Å². The van der Waals surface area contributed by atoms with E-state index >= 15 is 0 Å². The summed E-state index contributed by atoms with van der Waals surface area (Å²) < 4.78 is 40.0. The Balaban J connectivity index is 2.17. The molecule has 1 N–H and O–H groups in total. The maximum atomic E-state index is 11.8. The summed E-state index contributed by atoms with van der Waals surface area (Å²) in [5.41, 5.74) is 1.20. The summed E-state index contributed by atoms with van der Waals surface area (Å²) in [5.74, 6) is 0. The Hall–Kier alpha value is -1.07. The molecule has 0 aromatic heterocycles. The molecule has 0 saturated heterocycles. The van der Waals surface area contributed by atoms with Crippen molar-refractivity contribution in [3.05, 3.63) is 35.9 Å². The van der Waals surface area contributed by atoms with Crippen LogP contribution >= 0.6 is 0 Å². The van der Waals surface area contributed by atoms with Crippen molar-refractivity contribution in [3.63, 3.8) is 0 Å². The zero-order valence-electron chi connectivity index (χ0n) is 11.0. The summed E-state index contributed by atoms with van der Waals surface area (Å²) in [7, 11) is 0. The number of ether oxygens (including phenoxy) is 1. The van der Waals surface area contributed by atoms with Crippen molar-refractivity contribution in [2.45, 2.75) is 32.0 Å². The van der Waals surface area contributed by atoms with Gasteiger partial charge in [-0.15, -0.1) is 0 Å². The second-order valence-corrected chi connectivity index (χ2v) is 4.35. The van der Waals surface area contributed by atoms with Crippen LogP contribution in [0.1, 0.15) is 31.4 Å². The third-order valence-electron chi connectivity index (χ3n) is 2.73. The van der Waals surface area contributed by atoms with Crippen LogP contribution in [0.3, 0.4) is 0 Å². The molecule has 5 heteroatoms. The Bertz CT molecular complexity index is 340. The van der Waals surface area contributed by atoms with E-state index in [0.717, 1.165) is 6.42 Å². The Kier molecular flexibility index (Phi) is 6.87. The molecule has 0 bridgehead atoms. The molecule has 0 fully saturated rings. The molecule has 2 nitrogen and oxygen atoms in total. The fourth-order valence-electron chi connectivity index (χ4n) is 1.82. The van der Waals surface area contributed by atoms with Gasteiger partial charge in [0, 0.05) is 12.6 Å². The second-order valence-electron chi connectivity index (χ2n) is 4.35. The standard InChI is InChI=1S/C14H20F3NO/c1-2-13(12-7-4-3-5-8-12)18-9-6-10-19-11-14(15,16)17/h3-5,7-8,13,18H,2,6,9-11H2,1H3. The second kappa shape index (κ2) is 8.17. The molecule has 0 aliphatic rings. The van der Waals surface area contributed by atoms with E-state index in [1.54, 1.807) is 0 Å².